The topological polar surface area (TPSA) is 46.2 Å². The SMILES string of the molecule is Cc1cc(O)c(N)c2ccccc12. The summed E-state index contributed by atoms with van der Waals surface area (Å²) in [6, 6.07) is 9.49. The van der Waals surface area contributed by atoms with Crippen LogP contribution in [0.1, 0.15) is 5.56 Å². The first-order chi connectivity index (χ1) is 6.20. The van der Waals surface area contributed by atoms with Crippen LogP contribution in [0.25, 0.3) is 10.8 Å². The molecule has 0 aliphatic carbocycles. The number of rotatable bonds is 0. The lowest BCUT2D eigenvalue weighted by Crippen LogP contribution is -1.89. The lowest BCUT2D eigenvalue weighted by atomic mass is 10.0. The van der Waals surface area contributed by atoms with Gasteiger partial charge in [-0.25, -0.2) is 0 Å². The van der Waals surface area contributed by atoms with Gasteiger partial charge in [0.25, 0.3) is 0 Å². The first kappa shape index (κ1) is 7.92. The van der Waals surface area contributed by atoms with Crippen LogP contribution in [0, 0.1) is 6.92 Å². The molecule has 2 aromatic carbocycles. The van der Waals surface area contributed by atoms with Crippen LogP contribution in [0.2, 0.25) is 0 Å². The van der Waals surface area contributed by atoms with Crippen molar-refractivity contribution in [1.29, 1.82) is 0 Å². The molecule has 0 saturated carbocycles. The number of hydrogen-bond donors (Lipinski definition) is 2. The van der Waals surface area contributed by atoms with Gasteiger partial charge in [0.05, 0.1) is 5.69 Å². The molecular weight excluding hydrogens is 162 g/mol. The quantitative estimate of drug-likeness (QED) is 0.474. The average Bonchev–Trinajstić information content (AvgIpc) is 2.15. The van der Waals surface area contributed by atoms with Crippen molar-refractivity contribution in [2.45, 2.75) is 6.92 Å². The third-order valence-electron chi connectivity index (χ3n) is 2.27. The van der Waals surface area contributed by atoms with E-state index in [1.807, 2.05) is 31.2 Å². The summed E-state index contributed by atoms with van der Waals surface area (Å²) < 4.78 is 0. The van der Waals surface area contributed by atoms with Crippen molar-refractivity contribution in [3.63, 3.8) is 0 Å². The number of phenols is 1. The molecule has 0 atom stereocenters. The maximum absolute atomic E-state index is 9.47. The fourth-order valence-corrected chi connectivity index (χ4v) is 1.56. The number of aromatic hydroxyl groups is 1. The predicted molar refractivity (Wildman–Crippen MR) is 54.8 cm³/mol. The summed E-state index contributed by atoms with van der Waals surface area (Å²) in [5.74, 6) is 0.163. The van der Waals surface area contributed by atoms with Crippen LogP contribution >= 0.6 is 0 Å². The molecule has 0 aliphatic heterocycles. The summed E-state index contributed by atoms with van der Waals surface area (Å²) in [7, 11) is 0. The molecule has 66 valence electrons. The number of fused-ring (bicyclic) bond motifs is 1. The Morgan fingerprint density at radius 2 is 1.77 bits per heavy atom. The molecule has 2 rings (SSSR count). The highest BCUT2D eigenvalue weighted by atomic mass is 16.3. The lowest BCUT2D eigenvalue weighted by Gasteiger charge is -2.06. The Labute approximate surface area is 76.6 Å². The van der Waals surface area contributed by atoms with E-state index in [9.17, 15) is 5.11 Å². The zero-order valence-corrected chi connectivity index (χ0v) is 7.41. The van der Waals surface area contributed by atoms with Crippen LogP contribution in [0.5, 0.6) is 5.75 Å². The van der Waals surface area contributed by atoms with Crippen LogP contribution in [0.3, 0.4) is 0 Å². The minimum Gasteiger partial charge on any atom is -0.506 e. The molecule has 0 fully saturated rings. The average molecular weight is 173 g/mol. The van der Waals surface area contributed by atoms with Crippen LogP contribution < -0.4 is 5.73 Å². The van der Waals surface area contributed by atoms with Crippen molar-refractivity contribution in [2.24, 2.45) is 0 Å². The number of nitrogen functional groups attached to an aromatic ring is 1. The standard InChI is InChI=1S/C11H11NO/c1-7-6-10(13)11(12)9-5-3-2-4-8(7)9/h2-6,13H,12H2,1H3. The molecule has 2 heteroatoms. The normalized spacial score (nSPS) is 10.5. The molecule has 0 aromatic heterocycles. The Hall–Kier alpha value is -1.70. The van der Waals surface area contributed by atoms with Gasteiger partial charge >= 0.3 is 0 Å². The van der Waals surface area contributed by atoms with Crippen LogP contribution in [-0.4, -0.2) is 5.11 Å². The van der Waals surface area contributed by atoms with E-state index in [4.69, 9.17) is 5.73 Å². The Bertz CT molecular complexity index is 463. The molecule has 0 bridgehead atoms. The summed E-state index contributed by atoms with van der Waals surface area (Å²) in [5, 5.41) is 11.5. The summed E-state index contributed by atoms with van der Waals surface area (Å²) in [4.78, 5) is 0. The van der Waals surface area contributed by atoms with Gasteiger partial charge in [0, 0.05) is 5.39 Å². The number of phenolic OH excluding ortho intramolecular Hbond substituents is 1. The summed E-state index contributed by atoms with van der Waals surface area (Å²) in [6.45, 7) is 1.96. The second-order valence-electron chi connectivity index (χ2n) is 3.17. The third-order valence-corrected chi connectivity index (χ3v) is 2.27. The third kappa shape index (κ3) is 1.11. The zero-order chi connectivity index (χ0) is 9.42. The molecule has 0 heterocycles. The first-order valence-electron chi connectivity index (χ1n) is 4.17. The number of anilines is 1. The van der Waals surface area contributed by atoms with Crippen molar-refractivity contribution in [2.75, 3.05) is 5.73 Å². The minimum absolute atomic E-state index is 0.163. The van der Waals surface area contributed by atoms with Gasteiger partial charge in [0.15, 0.2) is 0 Å². The van der Waals surface area contributed by atoms with E-state index in [0.29, 0.717) is 5.69 Å². The smallest absolute Gasteiger partial charge is 0.139 e. The molecule has 0 amide bonds. The van der Waals surface area contributed by atoms with Gasteiger partial charge in [-0.3, -0.25) is 0 Å². The maximum atomic E-state index is 9.47. The molecule has 0 saturated heterocycles. The van der Waals surface area contributed by atoms with Crippen molar-refractivity contribution in [1.82, 2.24) is 0 Å². The summed E-state index contributed by atoms with van der Waals surface area (Å²) in [5.41, 5.74) is 7.24. The summed E-state index contributed by atoms with van der Waals surface area (Å²) >= 11 is 0. The van der Waals surface area contributed by atoms with Gasteiger partial charge in [0.2, 0.25) is 0 Å². The zero-order valence-electron chi connectivity index (χ0n) is 7.41. The van der Waals surface area contributed by atoms with Gasteiger partial charge in [-0.1, -0.05) is 24.3 Å². The van der Waals surface area contributed by atoms with Gasteiger partial charge in [-0.2, -0.15) is 0 Å². The Morgan fingerprint density at radius 1 is 1.15 bits per heavy atom. The molecule has 3 N–H and O–H groups in total. The Kier molecular flexibility index (Phi) is 1.62. The number of hydrogen-bond acceptors (Lipinski definition) is 2. The minimum atomic E-state index is 0.163. The highest BCUT2D eigenvalue weighted by molar-refractivity contribution is 5.97. The van der Waals surface area contributed by atoms with Crippen molar-refractivity contribution < 1.29 is 5.11 Å². The first-order valence-corrected chi connectivity index (χ1v) is 4.17. The van der Waals surface area contributed by atoms with E-state index in [1.54, 1.807) is 6.07 Å². The van der Waals surface area contributed by atoms with Crippen molar-refractivity contribution in [3.8, 4) is 5.75 Å². The van der Waals surface area contributed by atoms with E-state index >= 15 is 0 Å². The number of aryl methyl sites for hydroxylation is 1. The van der Waals surface area contributed by atoms with E-state index in [0.717, 1.165) is 16.3 Å². The van der Waals surface area contributed by atoms with Crippen LogP contribution in [0.15, 0.2) is 30.3 Å². The molecule has 0 aliphatic rings. The Balaban J connectivity index is 2.97. The monoisotopic (exact) mass is 173 g/mol. The lowest BCUT2D eigenvalue weighted by molar-refractivity contribution is 0.478. The molecule has 0 radical (unpaired) electrons. The molecule has 13 heavy (non-hydrogen) atoms. The van der Waals surface area contributed by atoms with E-state index in [-0.39, 0.29) is 5.75 Å². The van der Waals surface area contributed by atoms with Crippen molar-refractivity contribution in [3.05, 3.63) is 35.9 Å². The fraction of sp³-hybridized carbons (Fsp3) is 0.0909. The molecule has 2 aromatic rings. The molecule has 0 unspecified atom stereocenters. The fourth-order valence-electron chi connectivity index (χ4n) is 1.56. The van der Waals surface area contributed by atoms with Gasteiger partial charge < -0.3 is 10.8 Å². The van der Waals surface area contributed by atoms with Crippen LogP contribution in [0.4, 0.5) is 5.69 Å². The summed E-state index contributed by atoms with van der Waals surface area (Å²) in [6.07, 6.45) is 0. The van der Waals surface area contributed by atoms with Crippen molar-refractivity contribution >= 4 is 16.5 Å². The largest absolute Gasteiger partial charge is 0.506 e. The predicted octanol–water partition coefficient (Wildman–Crippen LogP) is 2.44. The van der Waals surface area contributed by atoms with Gasteiger partial charge in [0.1, 0.15) is 5.75 Å². The molecule has 2 nitrogen and oxygen atoms in total. The van der Waals surface area contributed by atoms with E-state index in [2.05, 4.69) is 0 Å². The number of benzene rings is 2. The maximum Gasteiger partial charge on any atom is 0.139 e. The van der Waals surface area contributed by atoms with Gasteiger partial charge in [-0.15, -0.1) is 0 Å². The molecular formula is C11H11NO. The highest BCUT2D eigenvalue weighted by Gasteiger charge is 2.04. The van der Waals surface area contributed by atoms with E-state index < -0.39 is 0 Å². The Morgan fingerprint density at radius 3 is 2.46 bits per heavy atom. The second kappa shape index (κ2) is 2.66. The highest BCUT2D eigenvalue weighted by Crippen LogP contribution is 2.31. The molecule has 0 spiro atoms. The number of nitrogens with two attached hydrogens (primary N) is 1. The van der Waals surface area contributed by atoms with Crippen LogP contribution in [-0.2, 0) is 0 Å². The van der Waals surface area contributed by atoms with Gasteiger partial charge in [-0.05, 0) is 23.9 Å². The van der Waals surface area contributed by atoms with E-state index in [1.165, 1.54) is 0 Å². The second-order valence-corrected chi connectivity index (χ2v) is 3.17.